The lowest BCUT2D eigenvalue weighted by Crippen LogP contribution is -2.10. The second-order valence-electron chi connectivity index (χ2n) is 5.04. The summed E-state index contributed by atoms with van der Waals surface area (Å²) in [5.74, 6) is -0.247. The second-order valence-corrected chi connectivity index (χ2v) is 5.04. The summed E-state index contributed by atoms with van der Waals surface area (Å²) >= 11 is 0. The number of methoxy groups -OCH3 is 1. The molecule has 3 rings (SSSR count). The Labute approximate surface area is 128 Å². The van der Waals surface area contributed by atoms with Gasteiger partial charge >= 0.3 is 5.97 Å². The number of rotatable bonds is 3. The molecular weight excluding hydrogens is 278 g/mol. The van der Waals surface area contributed by atoms with Gasteiger partial charge in [0.15, 0.2) is 0 Å². The van der Waals surface area contributed by atoms with Crippen molar-refractivity contribution >= 4 is 17.0 Å². The quantitative estimate of drug-likeness (QED) is 0.549. The molecule has 2 aliphatic rings. The predicted octanol–water partition coefficient (Wildman–Crippen LogP) is 2.14. The number of carbonyl (C=O) groups is 1. The lowest BCUT2D eigenvalue weighted by molar-refractivity contribution is -0.140. The van der Waals surface area contributed by atoms with E-state index in [4.69, 9.17) is 0 Å². The van der Waals surface area contributed by atoms with Crippen molar-refractivity contribution in [3.63, 3.8) is 0 Å². The Bertz CT molecular complexity index is 867. The predicted molar refractivity (Wildman–Crippen MR) is 84.4 cm³/mol. The monoisotopic (exact) mass is 295 g/mol. The summed E-state index contributed by atoms with van der Waals surface area (Å²) in [6.07, 6.45) is 0.288. The Morgan fingerprint density at radius 3 is 2.91 bits per heavy atom. The maximum atomic E-state index is 11.1. The zero-order valence-electron chi connectivity index (χ0n) is 12.6. The highest BCUT2D eigenvalue weighted by molar-refractivity contribution is 5.80. The summed E-state index contributed by atoms with van der Waals surface area (Å²) in [5.41, 5.74) is 3.97. The van der Waals surface area contributed by atoms with Gasteiger partial charge in [0.2, 0.25) is 0 Å². The van der Waals surface area contributed by atoms with E-state index >= 15 is 0 Å². The number of benzene rings is 2. The van der Waals surface area contributed by atoms with Crippen LogP contribution in [0.15, 0.2) is 47.5 Å². The summed E-state index contributed by atoms with van der Waals surface area (Å²) in [4.78, 5) is 20.2. The van der Waals surface area contributed by atoms with E-state index in [-0.39, 0.29) is 12.4 Å². The third-order valence-corrected chi connectivity index (χ3v) is 3.64. The van der Waals surface area contributed by atoms with E-state index in [0.717, 1.165) is 27.8 Å². The van der Waals surface area contributed by atoms with E-state index in [1.807, 2.05) is 49.5 Å². The highest BCUT2D eigenvalue weighted by Gasteiger charge is 2.09. The first-order valence-electron chi connectivity index (χ1n) is 7.12. The summed E-state index contributed by atoms with van der Waals surface area (Å²) < 4.78 is 6.72. The van der Waals surface area contributed by atoms with Gasteiger partial charge in [0.05, 0.1) is 47.9 Å². The maximum absolute atomic E-state index is 11.1. The Hall–Kier alpha value is -2.69. The van der Waals surface area contributed by atoms with Crippen LogP contribution in [0, 0.1) is 0 Å². The number of hydrogen-bond acceptors (Lipinski definition) is 4. The van der Waals surface area contributed by atoms with Crippen molar-refractivity contribution in [1.82, 2.24) is 9.55 Å². The van der Waals surface area contributed by atoms with Gasteiger partial charge in [-0.05, 0) is 30.3 Å². The first-order valence-corrected chi connectivity index (χ1v) is 7.12. The molecule has 0 radical (unpaired) electrons. The number of aromatic nitrogens is 2. The zero-order chi connectivity index (χ0) is 15.5. The molecule has 0 aromatic heterocycles. The zero-order valence-corrected chi connectivity index (χ0v) is 12.6. The van der Waals surface area contributed by atoms with Gasteiger partial charge in [-0.2, -0.15) is 0 Å². The van der Waals surface area contributed by atoms with Crippen molar-refractivity contribution < 1.29 is 9.53 Å². The fourth-order valence-corrected chi connectivity index (χ4v) is 2.45. The number of esters is 1. The molecule has 0 saturated heterocycles. The molecule has 5 heteroatoms. The molecule has 5 nitrogen and oxygen atoms in total. The Morgan fingerprint density at radius 1 is 1.27 bits per heavy atom. The van der Waals surface area contributed by atoms with Gasteiger partial charge in [-0.1, -0.05) is 12.1 Å². The standard InChI is InChI=1S/C17H17N3O2/c1-20-15-6-4-3-5-13(15)19-14-8-7-12(11-16(14)20)18-10-9-17(21)22-2/h3-8,11H,9-10H2,1-2H3. The molecule has 1 aliphatic carbocycles. The maximum Gasteiger partial charge on any atom is 0.307 e. The van der Waals surface area contributed by atoms with Crippen molar-refractivity contribution in [3.8, 4) is 11.4 Å². The van der Waals surface area contributed by atoms with Crippen LogP contribution in [-0.2, 0) is 16.6 Å². The van der Waals surface area contributed by atoms with Crippen LogP contribution >= 0.6 is 0 Å². The molecule has 0 spiro atoms. The average Bonchev–Trinajstić information content (AvgIpc) is 2.55. The molecule has 0 N–H and O–H groups in total. The summed E-state index contributed by atoms with van der Waals surface area (Å²) in [5, 5.41) is 0.837. The molecule has 1 aromatic carbocycles. The van der Waals surface area contributed by atoms with Crippen LogP contribution in [0.2, 0.25) is 0 Å². The number of aryl methyl sites for hydroxylation is 1. The third kappa shape index (κ3) is 2.70. The molecule has 112 valence electrons. The smallest absolute Gasteiger partial charge is 0.307 e. The summed E-state index contributed by atoms with van der Waals surface area (Å²) in [6.45, 7) is 0.420. The van der Waals surface area contributed by atoms with Crippen LogP contribution < -0.4 is 5.36 Å². The molecule has 1 heterocycles. The molecule has 0 fully saturated rings. The Kier molecular flexibility index (Phi) is 3.87. The van der Waals surface area contributed by atoms with Crippen molar-refractivity contribution in [3.05, 3.63) is 47.8 Å². The average molecular weight is 295 g/mol. The van der Waals surface area contributed by atoms with Gasteiger partial charge in [-0.15, -0.1) is 0 Å². The van der Waals surface area contributed by atoms with Crippen LogP contribution in [-0.4, -0.2) is 29.2 Å². The van der Waals surface area contributed by atoms with Gasteiger partial charge in [-0.3, -0.25) is 9.79 Å². The van der Waals surface area contributed by atoms with E-state index in [9.17, 15) is 4.79 Å². The van der Waals surface area contributed by atoms with Gasteiger partial charge in [0.25, 0.3) is 0 Å². The number of carbonyl (C=O) groups excluding carboxylic acids is 1. The topological polar surface area (TPSA) is 56.5 Å². The largest absolute Gasteiger partial charge is 0.469 e. The minimum Gasteiger partial charge on any atom is -0.469 e. The Balaban J connectivity index is 2.04. The number of hydrogen-bond donors (Lipinski definition) is 0. The van der Waals surface area contributed by atoms with Crippen molar-refractivity contribution in [2.24, 2.45) is 12.0 Å². The molecular formula is C17H17N3O2. The number of nitrogens with zero attached hydrogens (tertiary/aromatic N) is 3. The highest BCUT2D eigenvalue weighted by Crippen LogP contribution is 2.22. The molecule has 22 heavy (non-hydrogen) atoms. The van der Waals surface area contributed by atoms with Crippen LogP contribution in [0.1, 0.15) is 6.42 Å². The molecule has 1 aliphatic heterocycles. The van der Waals surface area contributed by atoms with E-state index < -0.39 is 0 Å². The van der Waals surface area contributed by atoms with Crippen molar-refractivity contribution in [2.75, 3.05) is 13.7 Å². The van der Waals surface area contributed by atoms with Crippen molar-refractivity contribution in [1.29, 1.82) is 0 Å². The minimum atomic E-state index is -0.247. The molecule has 0 amide bonds. The summed E-state index contributed by atoms with van der Waals surface area (Å²) in [7, 11) is 3.40. The minimum absolute atomic E-state index is 0.247. The fraction of sp³-hybridized carbons (Fsp3) is 0.235. The first-order chi connectivity index (χ1) is 10.7. The number of ether oxygens (including phenoxy) is 1. The first kappa shape index (κ1) is 14.3. The third-order valence-electron chi connectivity index (χ3n) is 3.64. The van der Waals surface area contributed by atoms with E-state index in [0.29, 0.717) is 6.54 Å². The Morgan fingerprint density at radius 2 is 2.09 bits per heavy atom. The van der Waals surface area contributed by atoms with Crippen LogP contribution in [0.25, 0.3) is 22.4 Å². The fourth-order valence-electron chi connectivity index (χ4n) is 2.45. The highest BCUT2D eigenvalue weighted by atomic mass is 16.5. The number of para-hydroxylation sites is 2. The SMILES string of the molecule is COC(=O)CCN=c1ccc2nc3ccccc3n(C)c-2c1. The normalized spacial score (nSPS) is 12.0. The molecule has 0 bridgehead atoms. The van der Waals surface area contributed by atoms with Crippen LogP contribution in [0.5, 0.6) is 0 Å². The molecule has 0 atom stereocenters. The van der Waals surface area contributed by atoms with Gasteiger partial charge < -0.3 is 9.30 Å². The van der Waals surface area contributed by atoms with Gasteiger partial charge in [0.1, 0.15) is 0 Å². The van der Waals surface area contributed by atoms with Gasteiger partial charge in [-0.25, -0.2) is 4.98 Å². The lowest BCUT2D eigenvalue weighted by atomic mass is 10.1. The van der Waals surface area contributed by atoms with E-state index in [1.54, 1.807) is 0 Å². The molecule has 0 unspecified atom stereocenters. The summed E-state index contributed by atoms with van der Waals surface area (Å²) in [6, 6.07) is 13.9. The second kappa shape index (κ2) is 5.97. The van der Waals surface area contributed by atoms with E-state index in [1.165, 1.54) is 7.11 Å². The van der Waals surface area contributed by atoms with Crippen molar-refractivity contribution in [2.45, 2.75) is 6.42 Å². The molecule has 0 saturated carbocycles. The molecule has 1 aromatic rings. The lowest BCUT2D eigenvalue weighted by Gasteiger charge is -2.14. The van der Waals surface area contributed by atoms with Gasteiger partial charge in [0, 0.05) is 7.05 Å². The number of fused-ring (bicyclic) bond motifs is 2. The van der Waals surface area contributed by atoms with Crippen LogP contribution in [0.3, 0.4) is 0 Å². The van der Waals surface area contributed by atoms with E-state index in [2.05, 4.69) is 19.3 Å². The van der Waals surface area contributed by atoms with Crippen LogP contribution in [0.4, 0.5) is 0 Å².